The largest absolute Gasteiger partial charge is 0.497 e. The monoisotopic (exact) mass is 338 g/mol. The number of ether oxygens (including phenoxy) is 2. The van der Waals surface area contributed by atoms with Crippen LogP contribution in [0.2, 0.25) is 0 Å². The SMILES string of the molecule is CCCSCCCNC(=O)N[C@H]1COc2ccc(OC)cc2C1. The summed E-state index contributed by atoms with van der Waals surface area (Å²) in [6, 6.07) is 5.63. The van der Waals surface area contributed by atoms with Crippen LogP contribution in [-0.2, 0) is 6.42 Å². The molecule has 0 saturated heterocycles. The van der Waals surface area contributed by atoms with E-state index in [1.165, 1.54) is 12.2 Å². The molecule has 0 fully saturated rings. The minimum atomic E-state index is -0.120. The quantitative estimate of drug-likeness (QED) is 0.716. The van der Waals surface area contributed by atoms with Crippen molar-refractivity contribution in [3.05, 3.63) is 23.8 Å². The maximum absolute atomic E-state index is 11.9. The highest BCUT2D eigenvalue weighted by molar-refractivity contribution is 7.99. The Bertz CT molecular complexity index is 511. The highest BCUT2D eigenvalue weighted by Crippen LogP contribution is 2.28. The zero-order chi connectivity index (χ0) is 16.5. The van der Waals surface area contributed by atoms with Crippen LogP contribution in [0.5, 0.6) is 11.5 Å². The van der Waals surface area contributed by atoms with E-state index in [1.54, 1.807) is 7.11 Å². The van der Waals surface area contributed by atoms with Gasteiger partial charge in [-0.05, 0) is 54.5 Å². The maximum atomic E-state index is 11.9. The van der Waals surface area contributed by atoms with Crippen molar-refractivity contribution >= 4 is 17.8 Å². The molecule has 1 aromatic carbocycles. The van der Waals surface area contributed by atoms with Crippen molar-refractivity contribution in [1.82, 2.24) is 10.6 Å². The third kappa shape index (κ3) is 5.86. The standard InChI is InChI=1S/C17H26N2O3S/c1-3-8-23-9-4-7-18-17(20)19-14-10-13-11-15(21-2)5-6-16(13)22-12-14/h5-6,11,14H,3-4,7-10,12H2,1-2H3,(H2,18,19,20)/t14-/m1/s1. The zero-order valence-corrected chi connectivity index (χ0v) is 14.7. The Morgan fingerprint density at radius 1 is 1.43 bits per heavy atom. The van der Waals surface area contributed by atoms with Crippen molar-refractivity contribution in [2.45, 2.75) is 32.2 Å². The summed E-state index contributed by atoms with van der Waals surface area (Å²) in [6.07, 6.45) is 2.96. The summed E-state index contributed by atoms with van der Waals surface area (Å²) < 4.78 is 10.9. The number of carbonyl (C=O) groups is 1. The van der Waals surface area contributed by atoms with E-state index < -0.39 is 0 Å². The highest BCUT2D eigenvalue weighted by Gasteiger charge is 2.21. The lowest BCUT2D eigenvalue weighted by Crippen LogP contribution is -2.47. The molecular formula is C17H26N2O3S. The molecule has 0 radical (unpaired) electrons. The molecule has 128 valence electrons. The molecule has 1 aliphatic rings. The van der Waals surface area contributed by atoms with Gasteiger partial charge in [-0.15, -0.1) is 0 Å². The van der Waals surface area contributed by atoms with Crippen LogP contribution in [0.25, 0.3) is 0 Å². The third-order valence-electron chi connectivity index (χ3n) is 3.61. The van der Waals surface area contributed by atoms with Gasteiger partial charge in [0.05, 0.1) is 13.2 Å². The first-order chi connectivity index (χ1) is 11.2. The minimum Gasteiger partial charge on any atom is -0.497 e. The van der Waals surface area contributed by atoms with Gasteiger partial charge in [-0.25, -0.2) is 4.79 Å². The van der Waals surface area contributed by atoms with Gasteiger partial charge >= 0.3 is 6.03 Å². The molecule has 0 bridgehead atoms. The van der Waals surface area contributed by atoms with E-state index in [9.17, 15) is 4.79 Å². The fourth-order valence-electron chi connectivity index (χ4n) is 2.45. The third-order valence-corrected chi connectivity index (χ3v) is 4.88. The number of fused-ring (bicyclic) bond motifs is 1. The van der Waals surface area contributed by atoms with E-state index in [0.29, 0.717) is 13.2 Å². The first-order valence-corrected chi connectivity index (χ1v) is 9.30. The summed E-state index contributed by atoms with van der Waals surface area (Å²) in [7, 11) is 1.65. The van der Waals surface area contributed by atoms with E-state index in [4.69, 9.17) is 9.47 Å². The second kappa shape index (κ2) is 9.55. The molecule has 1 aliphatic heterocycles. The van der Waals surface area contributed by atoms with Gasteiger partial charge in [0, 0.05) is 6.54 Å². The van der Waals surface area contributed by atoms with E-state index in [-0.39, 0.29) is 12.1 Å². The van der Waals surface area contributed by atoms with Crippen molar-refractivity contribution < 1.29 is 14.3 Å². The van der Waals surface area contributed by atoms with Crippen LogP contribution in [-0.4, -0.2) is 43.8 Å². The van der Waals surface area contributed by atoms with Crippen molar-refractivity contribution in [2.24, 2.45) is 0 Å². The van der Waals surface area contributed by atoms with Gasteiger partial charge < -0.3 is 20.1 Å². The Kier molecular flexibility index (Phi) is 7.39. The summed E-state index contributed by atoms with van der Waals surface area (Å²) in [5.74, 6) is 3.96. The van der Waals surface area contributed by atoms with E-state index in [0.717, 1.165) is 35.7 Å². The topological polar surface area (TPSA) is 59.6 Å². The number of hydrogen-bond donors (Lipinski definition) is 2. The van der Waals surface area contributed by atoms with E-state index in [1.807, 2.05) is 30.0 Å². The highest BCUT2D eigenvalue weighted by atomic mass is 32.2. The fraction of sp³-hybridized carbons (Fsp3) is 0.588. The van der Waals surface area contributed by atoms with Crippen molar-refractivity contribution in [2.75, 3.05) is 31.8 Å². The molecular weight excluding hydrogens is 312 g/mol. The van der Waals surface area contributed by atoms with Crippen LogP contribution >= 0.6 is 11.8 Å². The molecule has 2 rings (SSSR count). The molecule has 1 atom stereocenters. The summed E-state index contributed by atoms with van der Waals surface area (Å²) in [5, 5.41) is 5.89. The number of urea groups is 1. The van der Waals surface area contributed by atoms with Crippen molar-refractivity contribution in [1.29, 1.82) is 0 Å². The number of rotatable bonds is 8. The molecule has 0 spiro atoms. The van der Waals surface area contributed by atoms with Gasteiger partial charge in [-0.1, -0.05) is 6.92 Å². The summed E-state index contributed by atoms with van der Waals surface area (Å²) in [6.45, 7) is 3.39. The van der Waals surface area contributed by atoms with Crippen LogP contribution < -0.4 is 20.1 Å². The van der Waals surface area contributed by atoms with Crippen molar-refractivity contribution in [3.8, 4) is 11.5 Å². The Morgan fingerprint density at radius 3 is 3.09 bits per heavy atom. The van der Waals surface area contributed by atoms with Crippen LogP contribution in [0, 0.1) is 0 Å². The number of thioether (sulfide) groups is 1. The van der Waals surface area contributed by atoms with Gasteiger partial charge in [0.25, 0.3) is 0 Å². The molecule has 5 nitrogen and oxygen atoms in total. The maximum Gasteiger partial charge on any atom is 0.315 e. The number of carbonyl (C=O) groups excluding carboxylic acids is 1. The number of nitrogens with one attached hydrogen (secondary N) is 2. The molecule has 0 saturated carbocycles. The fourth-order valence-corrected chi connectivity index (χ4v) is 3.29. The smallest absolute Gasteiger partial charge is 0.315 e. The molecule has 2 amide bonds. The van der Waals surface area contributed by atoms with Crippen LogP contribution in [0.15, 0.2) is 18.2 Å². The lowest BCUT2D eigenvalue weighted by atomic mass is 10.0. The lowest BCUT2D eigenvalue weighted by Gasteiger charge is -2.26. The van der Waals surface area contributed by atoms with Gasteiger partial charge in [0.15, 0.2) is 0 Å². The summed E-state index contributed by atoms with van der Waals surface area (Å²) in [5.41, 5.74) is 1.07. The number of hydrogen-bond acceptors (Lipinski definition) is 4. The molecule has 23 heavy (non-hydrogen) atoms. The molecule has 0 aliphatic carbocycles. The zero-order valence-electron chi connectivity index (χ0n) is 13.9. The average Bonchev–Trinajstić information content (AvgIpc) is 2.57. The minimum absolute atomic E-state index is 0.0101. The Morgan fingerprint density at radius 2 is 2.30 bits per heavy atom. The predicted molar refractivity (Wildman–Crippen MR) is 94.7 cm³/mol. The number of methoxy groups -OCH3 is 1. The van der Waals surface area contributed by atoms with Crippen LogP contribution in [0.3, 0.4) is 0 Å². The number of amides is 2. The molecule has 1 aromatic rings. The predicted octanol–water partition coefficient (Wildman–Crippen LogP) is 2.83. The van der Waals surface area contributed by atoms with E-state index >= 15 is 0 Å². The summed E-state index contributed by atoms with van der Waals surface area (Å²) in [4.78, 5) is 11.9. The molecule has 0 aromatic heterocycles. The summed E-state index contributed by atoms with van der Waals surface area (Å²) >= 11 is 1.93. The van der Waals surface area contributed by atoms with Gasteiger partial charge in [-0.2, -0.15) is 11.8 Å². The molecule has 2 N–H and O–H groups in total. The first-order valence-electron chi connectivity index (χ1n) is 8.14. The second-order valence-electron chi connectivity index (χ2n) is 5.55. The normalized spacial score (nSPS) is 16.2. The Labute approximate surface area is 142 Å². The van der Waals surface area contributed by atoms with Crippen molar-refractivity contribution in [3.63, 3.8) is 0 Å². The molecule has 6 heteroatoms. The first kappa shape index (κ1) is 17.8. The van der Waals surface area contributed by atoms with Crippen LogP contribution in [0.1, 0.15) is 25.3 Å². The lowest BCUT2D eigenvalue weighted by molar-refractivity contribution is 0.214. The molecule has 0 unspecified atom stereocenters. The Balaban J connectivity index is 1.70. The van der Waals surface area contributed by atoms with Crippen LogP contribution in [0.4, 0.5) is 4.79 Å². The molecule has 1 heterocycles. The van der Waals surface area contributed by atoms with Gasteiger partial charge in [-0.3, -0.25) is 0 Å². The van der Waals surface area contributed by atoms with Gasteiger partial charge in [0.2, 0.25) is 0 Å². The Hall–Kier alpha value is -1.56. The van der Waals surface area contributed by atoms with E-state index in [2.05, 4.69) is 17.6 Å². The van der Waals surface area contributed by atoms with Gasteiger partial charge in [0.1, 0.15) is 18.1 Å². The average molecular weight is 338 g/mol. The second-order valence-corrected chi connectivity index (χ2v) is 6.78. The number of benzene rings is 1.